The summed E-state index contributed by atoms with van der Waals surface area (Å²) >= 11 is 0. The number of benzene rings is 2. The molecule has 2 N–H and O–H groups in total. The van der Waals surface area contributed by atoms with E-state index in [1.807, 2.05) is 39.8 Å². The molecule has 31 heavy (non-hydrogen) atoms. The van der Waals surface area contributed by atoms with Gasteiger partial charge in [-0.25, -0.2) is 14.4 Å². The fourth-order valence-electron chi connectivity index (χ4n) is 3.48. The van der Waals surface area contributed by atoms with E-state index in [0.29, 0.717) is 17.9 Å². The number of nitrogens with one attached hydrogen (secondary N) is 2. The van der Waals surface area contributed by atoms with Crippen LogP contribution >= 0.6 is 0 Å². The monoisotopic (exact) mass is 421 g/mol. The highest BCUT2D eigenvalue weighted by Crippen LogP contribution is 2.23. The normalized spacial score (nSPS) is 13.4. The second-order valence-electron chi connectivity index (χ2n) is 7.46. The van der Waals surface area contributed by atoms with Gasteiger partial charge in [0.2, 0.25) is 0 Å². The SMILES string of the molecule is CC.Cc1ccc(CNc2nc(-c3ccc(N4CCNCC4)cc3)ncc2C)c(F)c1. The molecule has 0 saturated carbocycles. The molecule has 1 saturated heterocycles. The Morgan fingerprint density at radius 3 is 2.42 bits per heavy atom. The van der Waals surface area contributed by atoms with Crippen LogP contribution in [0.2, 0.25) is 0 Å². The van der Waals surface area contributed by atoms with Crippen molar-refractivity contribution in [1.29, 1.82) is 0 Å². The Hall–Kier alpha value is -2.99. The smallest absolute Gasteiger partial charge is 0.161 e. The zero-order chi connectivity index (χ0) is 22.2. The van der Waals surface area contributed by atoms with Crippen molar-refractivity contribution in [1.82, 2.24) is 15.3 Å². The highest BCUT2D eigenvalue weighted by molar-refractivity contribution is 5.62. The van der Waals surface area contributed by atoms with Gasteiger partial charge in [0.25, 0.3) is 0 Å². The molecular formula is C25H32FN5. The summed E-state index contributed by atoms with van der Waals surface area (Å²) in [5.74, 6) is 1.18. The molecule has 0 amide bonds. The fourth-order valence-corrected chi connectivity index (χ4v) is 3.48. The first-order valence-electron chi connectivity index (χ1n) is 11.0. The molecule has 0 unspecified atom stereocenters. The van der Waals surface area contributed by atoms with Crippen LogP contribution in [0.3, 0.4) is 0 Å². The van der Waals surface area contributed by atoms with Gasteiger partial charge in [-0.2, -0.15) is 0 Å². The van der Waals surface area contributed by atoms with E-state index in [9.17, 15) is 4.39 Å². The predicted octanol–water partition coefficient (Wildman–Crippen LogP) is 4.95. The molecule has 1 aliphatic rings. The lowest BCUT2D eigenvalue weighted by atomic mass is 10.1. The first kappa shape index (κ1) is 22.7. The zero-order valence-corrected chi connectivity index (χ0v) is 18.9. The van der Waals surface area contributed by atoms with Crippen molar-refractivity contribution in [3.8, 4) is 11.4 Å². The summed E-state index contributed by atoms with van der Waals surface area (Å²) in [7, 11) is 0. The van der Waals surface area contributed by atoms with E-state index in [0.717, 1.165) is 48.7 Å². The third-order valence-corrected chi connectivity index (χ3v) is 5.23. The van der Waals surface area contributed by atoms with E-state index in [1.54, 1.807) is 12.3 Å². The van der Waals surface area contributed by atoms with Crippen molar-refractivity contribution in [2.24, 2.45) is 0 Å². The minimum Gasteiger partial charge on any atom is -0.369 e. The van der Waals surface area contributed by atoms with Crippen LogP contribution < -0.4 is 15.5 Å². The lowest BCUT2D eigenvalue weighted by molar-refractivity contribution is 0.589. The third-order valence-electron chi connectivity index (χ3n) is 5.23. The quantitative estimate of drug-likeness (QED) is 0.611. The van der Waals surface area contributed by atoms with E-state index in [2.05, 4.69) is 49.8 Å². The Kier molecular flexibility index (Phi) is 7.95. The molecule has 0 atom stereocenters. The maximum absolute atomic E-state index is 14.1. The van der Waals surface area contributed by atoms with Crippen LogP contribution in [-0.2, 0) is 6.54 Å². The summed E-state index contributed by atoms with van der Waals surface area (Å²) in [6, 6.07) is 13.6. The molecule has 0 spiro atoms. The van der Waals surface area contributed by atoms with Crippen molar-refractivity contribution in [3.05, 3.63) is 71.2 Å². The number of anilines is 2. The highest BCUT2D eigenvalue weighted by atomic mass is 19.1. The van der Waals surface area contributed by atoms with Crippen LogP contribution in [0.4, 0.5) is 15.9 Å². The number of piperazine rings is 1. The Bertz CT molecular complexity index is 982. The van der Waals surface area contributed by atoms with Crippen LogP contribution in [0.1, 0.15) is 30.5 Å². The fraction of sp³-hybridized carbons (Fsp3) is 0.360. The molecule has 0 radical (unpaired) electrons. The van der Waals surface area contributed by atoms with Gasteiger partial charge < -0.3 is 15.5 Å². The Balaban J connectivity index is 0.00000132. The van der Waals surface area contributed by atoms with Gasteiger partial charge in [0.1, 0.15) is 11.6 Å². The van der Waals surface area contributed by atoms with Gasteiger partial charge in [-0.3, -0.25) is 0 Å². The Morgan fingerprint density at radius 1 is 1.03 bits per heavy atom. The molecule has 164 valence electrons. The number of halogens is 1. The van der Waals surface area contributed by atoms with Crippen molar-refractivity contribution in [2.75, 3.05) is 36.4 Å². The summed E-state index contributed by atoms with van der Waals surface area (Å²) in [5.41, 5.74) is 4.65. The number of hydrogen-bond acceptors (Lipinski definition) is 5. The number of rotatable bonds is 5. The Morgan fingerprint density at radius 2 is 1.74 bits per heavy atom. The molecule has 0 bridgehead atoms. The average Bonchev–Trinajstić information content (AvgIpc) is 2.81. The molecule has 5 nitrogen and oxygen atoms in total. The molecule has 2 heterocycles. The minimum absolute atomic E-state index is 0.201. The molecular weight excluding hydrogens is 389 g/mol. The van der Waals surface area contributed by atoms with Gasteiger partial charge in [0.05, 0.1) is 0 Å². The Labute approximate surface area is 184 Å². The minimum atomic E-state index is -0.201. The van der Waals surface area contributed by atoms with Gasteiger partial charge in [-0.1, -0.05) is 26.0 Å². The van der Waals surface area contributed by atoms with Crippen molar-refractivity contribution < 1.29 is 4.39 Å². The second-order valence-corrected chi connectivity index (χ2v) is 7.46. The third kappa shape index (κ3) is 5.79. The second kappa shape index (κ2) is 10.9. The van der Waals surface area contributed by atoms with Crippen molar-refractivity contribution in [2.45, 2.75) is 34.2 Å². The number of aromatic nitrogens is 2. The molecule has 1 aromatic heterocycles. The number of hydrogen-bond donors (Lipinski definition) is 2. The molecule has 1 fully saturated rings. The summed E-state index contributed by atoms with van der Waals surface area (Å²) < 4.78 is 14.1. The van der Waals surface area contributed by atoms with Crippen LogP contribution in [0.15, 0.2) is 48.7 Å². The standard InChI is InChI=1S/C23H26FN5.C2H6/c1-16-3-4-19(21(24)13-16)15-27-22-17(2)14-26-23(28-22)18-5-7-20(8-6-18)29-11-9-25-10-12-29;1-2/h3-8,13-14,25H,9-12,15H2,1-2H3,(H,26,27,28);1-2H3. The topological polar surface area (TPSA) is 53.1 Å². The van der Waals surface area contributed by atoms with Crippen LogP contribution in [0, 0.1) is 19.7 Å². The van der Waals surface area contributed by atoms with Crippen LogP contribution in [0.5, 0.6) is 0 Å². The molecule has 2 aromatic carbocycles. The maximum Gasteiger partial charge on any atom is 0.161 e. The average molecular weight is 422 g/mol. The summed E-state index contributed by atoms with van der Waals surface area (Å²) in [6.07, 6.45) is 1.81. The largest absolute Gasteiger partial charge is 0.369 e. The van der Waals surface area contributed by atoms with E-state index in [1.165, 1.54) is 5.69 Å². The first-order chi connectivity index (χ1) is 15.1. The van der Waals surface area contributed by atoms with E-state index < -0.39 is 0 Å². The lowest BCUT2D eigenvalue weighted by Crippen LogP contribution is -2.43. The van der Waals surface area contributed by atoms with Gasteiger partial charge in [0, 0.05) is 61.3 Å². The van der Waals surface area contributed by atoms with Crippen LogP contribution in [0.25, 0.3) is 11.4 Å². The number of aryl methyl sites for hydroxylation is 2. The van der Waals surface area contributed by atoms with Crippen LogP contribution in [-0.4, -0.2) is 36.1 Å². The number of nitrogens with zero attached hydrogens (tertiary/aromatic N) is 3. The van der Waals surface area contributed by atoms with E-state index >= 15 is 0 Å². The van der Waals surface area contributed by atoms with Gasteiger partial charge in [0.15, 0.2) is 5.82 Å². The highest BCUT2D eigenvalue weighted by Gasteiger charge is 2.12. The van der Waals surface area contributed by atoms with Crippen molar-refractivity contribution in [3.63, 3.8) is 0 Å². The van der Waals surface area contributed by atoms with E-state index in [4.69, 9.17) is 0 Å². The molecule has 4 rings (SSSR count). The van der Waals surface area contributed by atoms with Crippen molar-refractivity contribution >= 4 is 11.5 Å². The zero-order valence-electron chi connectivity index (χ0n) is 18.9. The summed E-state index contributed by atoms with van der Waals surface area (Å²) in [4.78, 5) is 11.5. The molecule has 3 aromatic rings. The van der Waals surface area contributed by atoms with E-state index in [-0.39, 0.29) is 5.82 Å². The van der Waals surface area contributed by atoms with Gasteiger partial charge >= 0.3 is 0 Å². The first-order valence-corrected chi connectivity index (χ1v) is 11.0. The maximum atomic E-state index is 14.1. The molecule has 6 heteroatoms. The summed E-state index contributed by atoms with van der Waals surface area (Å²) in [5, 5.41) is 6.63. The van der Waals surface area contributed by atoms with Gasteiger partial charge in [-0.15, -0.1) is 0 Å². The lowest BCUT2D eigenvalue weighted by Gasteiger charge is -2.29. The summed E-state index contributed by atoms with van der Waals surface area (Å²) in [6.45, 7) is 12.3. The molecule has 1 aliphatic heterocycles. The molecule has 0 aliphatic carbocycles. The van der Waals surface area contributed by atoms with Gasteiger partial charge in [-0.05, 0) is 49.7 Å². The predicted molar refractivity (Wildman–Crippen MR) is 127 cm³/mol.